The molecule has 1 amide bonds. The Hall–Kier alpha value is -1.36. The molecule has 0 unspecified atom stereocenters. The van der Waals surface area contributed by atoms with E-state index in [4.69, 9.17) is 0 Å². The van der Waals surface area contributed by atoms with Gasteiger partial charge in [0, 0.05) is 18.8 Å². The van der Waals surface area contributed by atoms with Gasteiger partial charge in [-0.3, -0.25) is 4.79 Å². The first-order chi connectivity index (χ1) is 8.13. The van der Waals surface area contributed by atoms with Gasteiger partial charge in [-0.1, -0.05) is 6.92 Å². The van der Waals surface area contributed by atoms with Crippen LogP contribution in [-0.2, 0) is 17.9 Å². The van der Waals surface area contributed by atoms with Gasteiger partial charge in [-0.25, -0.2) is 4.98 Å². The molecule has 0 aliphatic rings. The number of carbonyl (C=O) groups is 1. The van der Waals surface area contributed by atoms with Crippen LogP contribution in [0.15, 0.2) is 12.5 Å². The number of rotatable bonds is 7. The van der Waals surface area contributed by atoms with Crippen molar-refractivity contribution in [3.8, 4) is 0 Å². The lowest BCUT2D eigenvalue weighted by molar-refractivity contribution is -0.122. The van der Waals surface area contributed by atoms with Crippen LogP contribution in [0.4, 0.5) is 0 Å². The fourth-order valence-electron chi connectivity index (χ4n) is 1.55. The molecule has 0 fully saturated rings. The molecule has 1 aromatic heterocycles. The van der Waals surface area contributed by atoms with E-state index >= 15 is 0 Å². The number of amides is 1. The molecule has 0 aliphatic heterocycles. The Labute approximate surface area is 103 Å². The van der Waals surface area contributed by atoms with Gasteiger partial charge >= 0.3 is 0 Å². The number of carbonyl (C=O) groups excluding carboxylic acids is 1. The van der Waals surface area contributed by atoms with Crippen molar-refractivity contribution in [2.75, 3.05) is 6.54 Å². The Bertz CT molecular complexity index is 346. The molecule has 0 aromatic carbocycles. The molecule has 96 valence electrons. The summed E-state index contributed by atoms with van der Waals surface area (Å²) in [6.07, 6.45) is 4.59. The molecular weight excluding hydrogens is 216 g/mol. The molecule has 0 bridgehead atoms. The number of imidazole rings is 1. The Kier molecular flexibility index (Phi) is 5.69. The van der Waals surface area contributed by atoms with Crippen LogP contribution >= 0.6 is 0 Å². The van der Waals surface area contributed by atoms with Crippen molar-refractivity contribution < 1.29 is 4.79 Å². The van der Waals surface area contributed by atoms with Gasteiger partial charge in [-0.15, -0.1) is 0 Å². The Morgan fingerprint density at radius 3 is 2.94 bits per heavy atom. The molecule has 0 atom stereocenters. The molecule has 0 aliphatic carbocycles. The zero-order chi connectivity index (χ0) is 12.7. The molecule has 2 N–H and O–H groups in total. The third-order valence-corrected chi connectivity index (χ3v) is 2.30. The molecule has 1 heterocycles. The summed E-state index contributed by atoms with van der Waals surface area (Å²) in [5.41, 5.74) is 1.04. The molecule has 0 spiro atoms. The van der Waals surface area contributed by atoms with Crippen molar-refractivity contribution in [3.63, 3.8) is 0 Å². The zero-order valence-electron chi connectivity index (χ0n) is 10.9. The maximum absolute atomic E-state index is 11.6. The summed E-state index contributed by atoms with van der Waals surface area (Å²) in [4.78, 5) is 15.7. The summed E-state index contributed by atoms with van der Waals surface area (Å²) in [5, 5.41) is 6.17. The topological polar surface area (TPSA) is 59.0 Å². The highest BCUT2D eigenvalue weighted by Gasteiger charge is 2.07. The van der Waals surface area contributed by atoms with E-state index in [0.29, 0.717) is 6.54 Å². The first-order valence-corrected chi connectivity index (χ1v) is 6.12. The highest BCUT2D eigenvalue weighted by atomic mass is 16.2. The van der Waals surface area contributed by atoms with Crippen LogP contribution in [0, 0.1) is 0 Å². The second kappa shape index (κ2) is 7.06. The predicted molar refractivity (Wildman–Crippen MR) is 67.5 cm³/mol. The first kappa shape index (κ1) is 13.7. The molecule has 17 heavy (non-hydrogen) atoms. The van der Waals surface area contributed by atoms with E-state index < -0.39 is 0 Å². The van der Waals surface area contributed by atoms with E-state index in [1.54, 1.807) is 12.5 Å². The molecule has 1 rings (SSSR count). The highest BCUT2D eigenvalue weighted by Crippen LogP contribution is 1.99. The van der Waals surface area contributed by atoms with Crippen LogP contribution in [0.5, 0.6) is 0 Å². The van der Waals surface area contributed by atoms with Gasteiger partial charge in [0.2, 0.25) is 5.91 Å². The van der Waals surface area contributed by atoms with E-state index in [2.05, 4.69) is 22.5 Å². The van der Waals surface area contributed by atoms with Crippen LogP contribution in [0.25, 0.3) is 0 Å². The molecule has 1 aromatic rings. The van der Waals surface area contributed by atoms with Crippen molar-refractivity contribution in [2.45, 2.75) is 46.3 Å². The third kappa shape index (κ3) is 4.99. The fraction of sp³-hybridized carbons (Fsp3) is 0.667. The van der Waals surface area contributed by atoms with Gasteiger partial charge in [0.25, 0.3) is 0 Å². The zero-order valence-corrected chi connectivity index (χ0v) is 10.9. The minimum Gasteiger partial charge on any atom is -0.352 e. The lowest BCUT2D eigenvalue weighted by Crippen LogP contribution is -2.33. The lowest BCUT2D eigenvalue weighted by Gasteiger charge is -2.11. The molecule has 5 nitrogen and oxygen atoms in total. The summed E-state index contributed by atoms with van der Waals surface area (Å²) < 4.78 is 1.88. The van der Waals surface area contributed by atoms with Crippen LogP contribution in [0.2, 0.25) is 0 Å². The maximum Gasteiger partial charge on any atom is 0.240 e. The van der Waals surface area contributed by atoms with Gasteiger partial charge in [0.05, 0.1) is 12.0 Å². The summed E-state index contributed by atoms with van der Waals surface area (Å²) in [7, 11) is 0. The normalized spacial score (nSPS) is 10.8. The van der Waals surface area contributed by atoms with Crippen LogP contribution < -0.4 is 10.6 Å². The molecule has 0 radical (unpaired) electrons. The Morgan fingerprint density at radius 2 is 2.29 bits per heavy atom. The van der Waals surface area contributed by atoms with E-state index in [1.807, 2.05) is 18.4 Å². The Morgan fingerprint density at radius 1 is 1.53 bits per heavy atom. The van der Waals surface area contributed by atoms with Crippen molar-refractivity contribution in [2.24, 2.45) is 0 Å². The maximum atomic E-state index is 11.6. The minimum atomic E-state index is 0.0229. The average molecular weight is 238 g/mol. The number of aromatic nitrogens is 2. The Balaban J connectivity index is 2.47. The SMILES string of the molecule is CCCNCc1cncn1CC(=O)NC(C)C. The van der Waals surface area contributed by atoms with Crippen molar-refractivity contribution in [3.05, 3.63) is 18.2 Å². The standard InChI is InChI=1S/C12H22N4O/c1-4-5-13-6-11-7-14-9-16(11)8-12(17)15-10(2)3/h7,9-10,13H,4-6,8H2,1-3H3,(H,15,17). The number of nitrogens with zero attached hydrogens (tertiary/aromatic N) is 2. The monoisotopic (exact) mass is 238 g/mol. The first-order valence-electron chi connectivity index (χ1n) is 6.12. The van der Waals surface area contributed by atoms with Gasteiger partial charge in [0.15, 0.2) is 0 Å². The molecular formula is C12H22N4O. The summed E-state index contributed by atoms with van der Waals surface area (Å²) in [6.45, 7) is 8.10. The van der Waals surface area contributed by atoms with E-state index in [-0.39, 0.29) is 11.9 Å². The number of hydrogen-bond donors (Lipinski definition) is 2. The molecule has 0 saturated heterocycles. The average Bonchev–Trinajstić information content (AvgIpc) is 2.65. The van der Waals surface area contributed by atoms with E-state index in [0.717, 1.165) is 25.2 Å². The lowest BCUT2D eigenvalue weighted by atomic mass is 10.3. The van der Waals surface area contributed by atoms with Gasteiger partial charge < -0.3 is 15.2 Å². The summed E-state index contributed by atoms with van der Waals surface area (Å²) in [6, 6.07) is 0.174. The van der Waals surface area contributed by atoms with Gasteiger partial charge in [-0.05, 0) is 26.8 Å². The predicted octanol–water partition coefficient (Wildman–Crippen LogP) is 0.907. The van der Waals surface area contributed by atoms with E-state index in [1.165, 1.54) is 0 Å². The van der Waals surface area contributed by atoms with E-state index in [9.17, 15) is 4.79 Å². The number of hydrogen-bond acceptors (Lipinski definition) is 3. The van der Waals surface area contributed by atoms with Crippen LogP contribution in [-0.4, -0.2) is 28.0 Å². The summed E-state index contributed by atoms with van der Waals surface area (Å²) >= 11 is 0. The smallest absolute Gasteiger partial charge is 0.240 e. The van der Waals surface area contributed by atoms with Crippen LogP contribution in [0.3, 0.4) is 0 Å². The number of nitrogens with one attached hydrogen (secondary N) is 2. The largest absolute Gasteiger partial charge is 0.352 e. The van der Waals surface area contributed by atoms with Crippen molar-refractivity contribution in [1.82, 2.24) is 20.2 Å². The minimum absolute atomic E-state index is 0.0229. The highest BCUT2D eigenvalue weighted by molar-refractivity contribution is 5.76. The van der Waals surface area contributed by atoms with Gasteiger partial charge in [-0.2, -0.15) is 0 Å². The summed E-state index contributed by atoms with van der Waals surface area (Å²) in [5.74, 6) is 0.0229. The quantitative estimate of drug-likeness (QED) is 0.694. The van der Waals surface area contributed by atoms with Gasteiger partial charge in [0.1, 0.15) is 6.54 Å². The molecule has 0 saturated carbocycles. The fourth-order valence-corrected chi connectivity index (χ4v) is 1.55. The van der Waals surface area contributed by atoms with Crippen LogP contribution in [0.1, 0.15) is 32.9 Å². The second-order valence-corrected chi connectivity index (χ2v) is 4.41. The molecule has 5 heteroatoms. The van der Waals surface area contributed by atoms with Crippen molar-refractivity contribution in [1.29, 1.82) is 0 Å². The second-order valence-electron chi connectivity index (χ2n) is 4.41. The third-order valence-electron chi connectivity index (χ3n) is 2.30. The van der Waals surface area contributed by atoms with Crippen molar-refractivity contribution >= 4 is 5.91 Å².